The summed E-state index contributed by atoms with van der Waals surface area (Å²) in [6.45, 7) is 3.65. The van der Waals surface area contributed by atoms with E-state index in [1.807, 2.05) is 6.92 Å². The lowest BCUT2D eigenvalue weighted by molar-refractivity contribution is -0.117. The van der Waals surface area contributed by atoms with E-state index in [0.29, 0.717) is 28.7 Å². The Balaban J connectivity index is 1.90. The van der Waals surface area contributed by atoms with E-state index in [4.69, 9.17) is 9.47 Å². The van der Waals surface area contributed by atoms with Crippen LogP contribution in [-0.2, 0) is 4.79 Å². The van der Waals surface area contributed by atoms with Crippen molar-refractivity contribution in [2.75, 3.05) is 12.1 Å². The van der Waals surface area contributed by atoms with Gasteiger partial charge in [-0.1, -0.05) is 6.92 Å². The molecule has 0 bridgehead atoms. The van der Waals surface area contributed by atoms with Crippen LogP contribution in [0.15, 0.2) is 12.1 Å². The second-order valence-electron chi connectivity index (χ2n) is 5.12. The molecule has 0 aromatic heterocycles. The largest absolute Gasteiger partial charge is 0.454 e. The van der Waals surface area contributed by atoms with E-state index in [1.54, 1.807) is 12.1 Å². The number of carbonyl (C=O) groups excluding carboxylic acids is 2. The van der Waals surface area contributed by atoms with Crippen molar-refractivity contribution in [3.8, 4) is 11.5 Å². The van der Waals surface area contributed by atoms with E-state index in [-0.39, 0.29) is 24.4 Å². The number of rotatable bonds is 3. The molecule has 1 N–H and O–H groups in total. The van der Waals surface area contributed by atoms with Gasteiger partial charge in [0.15, 0.2) is 17.3 Å². The Kier molecular flexibility index (Phi) is 2.69. The van der Waals surface area contributed by atoms with E-state index < -0.39 is 0 Å². The summed E-state index contributed by atoms with van der Waals surface area (Å²) in [7, 11) is 0. The average Bonchev–Trinajstić information content (AvgIpc) is 2.92. The Morgan fingerprint density at radius 2 is 1.89 bits per heavy atom. The smallest absolute Gasteiger partial charge is 0.231 e. The maximum atomic E-state index is 12.0. The predicted molar refractivity (Wildman–Crippen MR) is 68.5 cm³/mol. The molecule has 3 rings (SSSR count). The van der Waals surface area contributed by atoms with Gasteiger partial charge in [0.2, 0.25) is 12.7 Å². The lowest BCUT2D eigenvalue weighted by Gasteiger charge is -2.10. The fourth-order valence-electron chi connectivity index (χ4n) is 2.25. The SMILES string of the molecule is CC(=O)c1cc2c(cc1NC(=O)[C@@H]1C[C@H]1C)OCO2. The highest BCUT2D eigenvalue weighted by Crippen LogP contribution is 2.40. The summed E-state index contributed by atoms with van der Waals surface area (Å²) in [5.74, 6) is 1.44. The zero-order valence-corrected chi connectivity index (χ0v) is 10.9. The highest BCUT2D eigenvalue weighted by molar-refractivity contribution is 6.05. The number of nitrogens with one attached hydrogen (secondary N) is 1. The lowest BCUT2D eigenvalue weighted by Crippen LogP contribution is -2.16. The van der Waals surface area contributed by atoms with Gasteiger partial charge in [-0.3, -0.25) is 9.59 Å². The summed E-state index contributed by atoms with van der Waals surface area (Å²) in [6.07, 6.45) is 0.909. The quantitative estimate of drug-likeness (QED) is 0.847. The predicted octanol–water partition coefficient (Wildman–Crippen LogP) is 2.21. The Bertz CT molecular complexity index is 567. The molecule has 0 saturated heterocycles. The number of benzene rings is 1. The Labute approximate surface area is 110 Å². The molecule has 5 heteroatoms. The number of hydrogen-bond acceptors (Lipinski definition) is 4. The van der Waals surface area contributed by atoms with Crippen LogP contribution in [0.4, 0.5) is 5.69 Å². The molecule has 1 amide bonds. The van der Waals surface area contributed by atoms with Crippen LogP contribution in [0, 0.1) is 11.8 Å². The second-order valence-corrected chi connectivity index (χ2v) is 5.12. The molecular weight excluding hydrogens is 246 g/mol. The third-order valence-corrected chi connectivity index (χ3v) is 3.60. The molecule has 5 nitrogen and oxygen atoms in total. The third-order valence-electron chi connectivity index (χ3n) is 3.60. The molecule has 1 aromatic rings. The standard InChI is InChI=1S/C14H15NO4/c1-7-3-9(7)14(17)15-11-5-13-12(18-6-19-13)4-10(11)8(2)16/h4-5,7,9H,3,6H2,1-2H3,(H,15,17)/t7-,9-/m1/s1. The zero-order valence-electron chi connectivity index (χ0n) is 10.9. The van der Waals surface area contributed by atoms with Gasteiger partial charge in [-0.15, -0.1) is 0 Å². The summed E-state index contributed by atoms with van der Waals surface area (Å²) >= 11 is 0. The Morgan fingerprint density at radius 1 is 1.26 bits per heavy atom. The molecule has 0 unspecified atom stereocenters. The minimum Gasteiger partial charge on any atom is -0.454 e. The van der Waals surface area contributed by atoms with E-state index >= 15 is 0 Å². The van der Waals surface area contributed by atoms with Gasteiger partial charge in [-0.05, 0) is 25.3 Å². The molecule has 1 fully saturated rings. The van der Waals surface area contributed by atoms with Crippen molar-refractivity contribution in [1.82, 2.24) is 0 Å². The van der Waals surface area contributed by atoms with Crippen molar-refractivity contribution < 1.29 is 19.1 Å². The fraction of sp³-hybridized carbons (Fsp3) is 0.429. The van der Waals surface area contributed by atoms with Crippen LogP contribution in [0.1, 0.15) is 30.6 Å². The minimum absolute atomic E-state index is 0.0335. The number of hydrogen-bond donors (Lipinski definition) is 1. The molecule has 1 aliphatic heterocycles. The maximum Gasteiger partial charge on any atom is 0.231 e. The van der Waals surface area contributed by atoms with E-state index in [9.17, 15) is 9.59 Å². The number of Topliss-reactive ketones (excluding diaryl/α,β-unsaturated/α-hetero) is 1. The van der Waals surface area contributed by atoms with Crippen LogP contribution >= 0.6 is 0 Å². The van der Waals surface area contributed by atoms with Crippen LogP contribution in [0.2, 0.25) is 0 Å². The number of anilines is 1. The van der Waals surface area contributed by atoms with Crippen molar-refractivity contribution in [2.45, 2.75) is 20.3 Å². The molecule has 1 heterocycles. The number of ketones is 1. The number of fused-ring (bicyclic) bond motifs is 1. The van der Waals surface area contributed by atoms with Crippen molar-refractivity contribution >= 4 is 17.4 Å². The normalized spacial score (nSPS) is 23.1. The second kappa shape index (κ2) is 4.26. The molecule has 0 spiro atoms. The molecule has 1 aromatic carbocycles. The molecule has 1 aliphatic carbocycles. The first kappa shape index (κ1) is 12.0. The molecule has 100 valence electrons. The third kappa shape index (κ3) is 2.16. The first-order valence-electron chi connectivity index (χ1n) is 6.31. The summed E-state index contributed by atoms with van der Waals surface area (Å²) in [5.41, 5.74) is 0.951. The first-order valence-corrected chi connectivity index (χ1v) is 6.31. The summed E-state index contributed by atoms with van der Waals surface area (Å²) in [5, 5.41) is 2.82. The minimum atomic E-state index is -0.113. The summed E-state index contributed by atoms with van der Waals surface area (Å²) < 4.78 is 10.5. The van der Waals surface area contributed by atoms with Gasteiger partial charge in [0, 0.05) is 17.5 Å². The fourth-order valence-corrected chi connectivity index (χ4v) is 2.25. The van der Waals surface area contributed by atoms with Crippen LogP contribution < -0.4 is 14.8 Å². The van der Waals surface area contributed by atoms with Crippen molar-refractivity contribution in [2.24, 2.45) is 11.8 Å². The van der Waals surface area contributed by atoms with Crippen LogP contribution in [0.3, 0.4) is 0 Å². The topological polar surface area (TPSA) is 64.6 Å². The van der Waals surface area contributed by atoms with E-state index in [0.717, 1.165) is 6.42 Å². The van der Waals surface area contributed by atoms with Crippen LogP contribution in [0.5, 0.6) is 11.5 Å². The van der Waals surface area contributed by atoms with Crippen LogP contribution in [-0.4, -0.2) is 18.5 Å². The van der Waals surface area contributed by atoms with Gasteiger partial charge in [0.05, 0.1) is 5.69 Å². The molecule has 2 atom stereocenters. The van der Waals surface area contributed by atoms with Gasteiger partial charge in [-0.25, -0.2) is 0 Å². The summed E-state index contributed by atoms with van der Waals surface area (Å²) in [6, 6.07) is 3.28. The first-order chi connectivity index (χ1) is 9.06. The molecule has 2 aliphatic rings. The van der Waals surface area contributed by atoms with Gasteiger partial charge in [0.1, 0.15) is 0 Å². The lowest BCUT2D eigenvalue weighted by atomic mass is 10.1. The molecule has 1 saturated carbocycles. The summed E-state index contributed by atoms with van der Waals surface area (Å²) in [4.78, 5) is 23.6. The van der Waals surface area contributed by atoms with Gasteiger partial charge >= 0.3 is 0 Å². The van der Waals surface area contributed by atoms with Gasteiger partial charge in [0.25, 0.3) is 0 Å². The number of amides is 1. The van der Waals surface area contributed by atoms with E-state index in [2.05, 4.69) is 5.32 Å². The molecule has 0 radical (unpaired) electrons. The average molecular weight is 261 g/mol. The van der Waals surface area contributed by atoms with E-state index in [1.165, 1.54) is 6.92 Å². The molecular formula is C14H15NO4. The van der Waals surface area contributed by atoms with Crippen molar-refractivity contribution in [3.05, 3.63) is 17.7 Å². The van der Waals surface area contributed by atoms with Gasteiger partial charge < -0.3 is 14.8 Å². The number of ether oxygens (including phenoxy) is 2. The molecule has 19 heavy (non-hydrogen) atoms. The highest BCUT2D eigenvalue weighted by Gasteiger charge is 2.39. The van der Waals surface area contributed by atoms with Crippen molar-refractivity contribution in [3.63, 3.8) is 0 Å². The number of carbonyl (C=O) groups is 2. The highest BCUT2D eigenvalue weighted by atomic mass is 16.7. The maximum absolute atomic E-state index is 12.0. The monoisotopic (exact) mass is 261 g/mol. The van der Waals surface area contributed by atoms with Crippen molar-refractivity contribution in [1.29, 1.82) is 0 Å². The Hall–Kier alpha value is -2.04. The van der Waals surface area contributed by atoms with Crippen LogP contribution in [0.25, 0.3) is 0 Å². The Morgan fingerprint density at radius 3 is 2.47 bits per heavy atom. The van der Waals surface area contributed by atoms with Gasteiger partial charge in [-0.2, -0.15) is 0 Å². The zero-order chi connectivity index (χ0) is 13.6.